The largest absolute Gasteiger partial charge is 0.345 e. The zero-order valence-corrected chi connectivity index (χ0v) is 13.4. The molecule has 0 saturated carbocycles. The molecule has 0 aromatic rings. The summed E-state index contributed by atoms with van der Waals surface area (Å²) in [6.07, 6.45) is -1.51. The van der Waals surface area contributed by atoms with Crippen LogP contribution >= 0.6 is 7.60 Å². The molecule has 0 spiro atoms. The third-order valence-electron chi connectivity index (χ3n) is 2.26. The number of hydrogen-bond acceptors (Lipinski definition) is 7. The second kappa shape index (κ2) is 7.15. The first-order valence-electron chi connectivity index (χ1n) is 6.65. The van der Waals surface area contributed by atoms with Gasteiger partial charge in [-0.1, -0.05) is 0 Å². The Morgan fingerprint density at radius 1 is 1.10 bits per heavy atom. The molecule has 1 heterocycles. The summed E-state index contributed by atoms with van der Waals surface area (Å²) in [6.45, 7) is 6.59. The van der Waals surface area contributed by atoms with Crippen LogP contribution in [0.3, 0.4) is 0 Å². The summed E-state index contributed by atoms with van der Waals surface area (Å²) < 4.78 is 22.8. The van der Waals surface area contributed by atoms with Crippen molar-refractivity contribution in [2.45, 2.75) is 52.7 Å². The number of hydrogen-bond donors (Lipinski definition) is 0. The summed E-state index contributed by atoms with van der Waals surface area (Å²) in [4.78, 5) is 39.1. The molecule has 1 fully saturated rings. The molecule has 0 N–H and O–H groups in total. The molecule has 0 aromatic heterocycles. The molecule has 0 aromatic carbocycles. The Balaban J connectivity index is 2.70. The second-order valence-electron chi connectivity index (χ2n) is 5.12. The molecule has 0 unspecified atom stereocenters. The summed E-state index contributed by atoms with van der Waals surface area (Å²) in [5, 5.41) is 0.400. The third kappa shape index (κ3) is 5.57. The summed E-state index contributed by atoms with van der Waals surface area (Å²) in [6, 6.07) is 0. The van der Waals surface area contributed by atoms with Crippen molar-refractivity contribution < 1.29 is 32.8 Å². The number of carbonyl (C=O) groups excluding carboxylic acids is 3. The second-order valence-corrected chi connectivity index (χ2v) is 7.08. The maximum absolute atomic E-state index is 12.4. The predicted molar refractivity (Wildman–Crippen MR) is 72.1 cm³/mol. The highest BCUT2D eigenvalue weighted by Gasteiger charge is 2.37. The average Bonchev–Trinajstić information content (AvgIpc) is 2.57. The Morgan fingerprint density at radius 3 is 1.90 bits per heavy atom. The Kier molecular flexibility index (Phi) is 6.07. The van der Waals surface area contributed by atoms with Crippen LogP contribution in [0.4, 0.5) is 0 Å². The standard InChI is InChI=1S/C12H20NO7P/c1-8(2)19-21(17,20-9(3)4)7-12(16)18-13-10(14)5-6-11(13)15/h8-9H,5-7H2,1-4H3. The first-order valence-corrected chi connectivity index (χ1v) is 8.38. The van der Waals surface area contributed by atoms with E-state index in [1.54, 1.807) is 27.7 Å². The van der Waals surface area contributed by atoms with Crippen molar-refractivity contribution in [2.24, 2.45) is 0 Å². The minimum atomic E-state index is -3.71. The minimum absolute atomic E-state index is 0.00520. The molecule has 0 atom stereocenters. The van der Waals surface area contributed by atoms with Crippen molar-refractivity contribution in [3.8, 4) is 0 Å². The van der Waals surface area contributed by atoms with Gasteiger partial charge in [0.05, 0.1) is 12.2 Å². The first-order chi connectivity index (χ1) is 9.63. The molecular weight excluding hydrogens is 301 g/mol. The molecule has 1 rings (SSSR count). The van der Waals surface area contributed by atoms with Gasteiger partial charge in [-0.3, -0.25) is 14.2 Å². The summed E-state index contributed by atoms with van der Waals surface area (Å²) in [7, 11) is -3.71. The SMILES string of the molecule is CC(C)OP(=O)(CC(=O)ON1C(=O)CCC1=O)OC(C)C. The van der Waals surface area contributed by atoms with Gasteiger partial charge in [0.2, 0.25) is 0 Å². The van der Waals surface area contributed by atoms with E-state index >= 15 is 0 Å². The van der Waals surface area contributed by atoms with Crippen molar-refractivity contribution >= 4 is 25.4 Å². The molecule has 1 saturated heterocycles. The van der Waals surface area contributed by atoms with E-state index in [9.17, 15) is 18.9 Å². The van der Waals surface area contributed by atoms with Crippen LogP contribution in [-0.4, -0.2) is 41.2 Å². The van der Waals surface area contributed by atoms with Crippen LogP contribution < -0.4 is 0 Å². The van der Waals surface area contributed by atoms with Crippen LogP contribution in [-0.2, 0) is 32.8 Å². The zero-order valence-electron chi connectivity index (χ0n) is 12.5. The van der Waals surface area contributed by atoms with Crippen LogP contribution in [0.5, 0.6) is 0 Å². The van der Waals surface area contributed by atoms with Gasteiger partial charge in [0.15, 0.2) is 6.16 Å². The van der Waals surface area contributed by atoms with Gasteiger partial charge in [0.1, 0.15) is 0 Å². The molecule has 8 nitrogen and oxygen atoms in total. The Labute approximate surface area is 123 Å². The van der Waals surface area contributed by atoms with Crippen LogP contribution in [0.1, 0.15) is 40.5 Å². The van der Waals surface area contributed by atoms with Gasteiger partial charge in [-0.2, -0.15) is 0 Å². The highest BCUT2D eigenvalue weighted by molar-refractivity contribution is 7.54. The lowest BCUT2D eigenvalue weighted by atomic mass is 10.4. The molecule has 21 heavy (non-hydrogen) atoms. The van der Waals surface area contributed by atoms with Gasteiger partial charge < -0.3 is 13.9 Å². The number of carbonyl (C=O) groups is 3. The first kappa shape index (κ1) is 17.8. The van der Waals surface area contributed by atoms with Crippen LogP contribution in [0.25, 0.3) is 0 Å². The topological polar surface area (TPSA) is 99.2 Å². The summed E-state index contributed by atoms with van der Waals surface area (Å²) >= 11 is 0. The van der Waals surface area contributed by atoms with Gasteiger partial charge in [0.25, 0.3) is 11.8 Å². The van der Waals surface area contributed by atoms with E-state index in [0.29, 0.717) is 5.06 Å². The highest BCUT2D eigenvalue weighted by Crippen LogP contribution is 2.50. The van der Waals surface area contributed by atoms with Gasteiger partial charge in [0, 0.05) is 12.8 Å². The van der Waals surface area contributed by atoms with E-state index in [0.717, 1.165) is 0 Å². The third-order valence-corrected chi connectivity index (χ3v) is 4.40. The molecule has 0 bridgehead atoms. The van der Waals surface area contributed by atoms with Gasteiger partial charge >= 0.3 is 13.6 Å². The lowest BCUT2D eigenvalue weighted by Crippen LogP contribution is -2.33. The lowest BCUT2D eigenvalue weighted by Gasteiger charge is -2.22. The quantitative estimate of drug-likeness (QED) is 0.519. The van der Waals surface area contributed by atoms with E-state index in [2.05, 4.69) is 4.84 Å². The molecule has 0 aliphatic carbocycles. The Hall–Kier alpha value is -1.24. The van der Waals surface area contributed by atoms with Crippen LogP contribution in [0.2, 0.25) is 0 Å². The number of nitrogens with zero attached hydrogens (tertiary/aromatic N) is 1. The molecule has 120 valence electrons. The molecular formula is C12H20NO7P. The van der Waals surface area contributed by atoms with Gasteiger partial charge in [-0.05, 0) is 27.7 Å². The Morgan fingerprint density at radius 2 is 1.52 bits per heavy atom. The highest BCUT2D eigenvalue weighted by atomic mass is 31.2. The van der Waals surface area contributed by atoms with E-state index < -0.39 is 43.7 Å². The fourth-order valence-electron chi connectivity index (χ4n) is 1.69. The maximum Gasteiger partial charge on any atom is 0.345 e. The number of hydroxylamine groups is 2. The van der Waals surface area contributed by atoms with E-state index in [-0.39, 0.29) is 12.8 Å². The molecule has 1 aliphatic heterocycles. The van der Waals surface area contributed by atoms with Crippen molar-refractivity contribution in [1.29, 1.82) is 0 Å². The fourth-order valence-corrected chi connectivity index (χ4v) is 3.55. The number of rotatable bonds is 7. The Bertz CT molecular complexity index is 444. The monoisotopic (exact) mass is 321 g/mol. The maximum atomic E-state index is 12.4. The predicted octanol–water partition coefficient (Wildman–Crippen LogP) is 1.64. The van der Waals surface area contributed by atoms with E-state index in [1.165, 1.54) is 0 Å². The van der Waals surface area contributed by atoms with Gasteiger partial charge in [-0.25, -0.2) is 4.79 Å². The van der Waals surface area contributed by atoms with E-state index in [4.69, 9.17) is 9.05 Å². The molecule has 1 aliphatic rings. The summed E-state index contributed by atoms with van der Waals surface area (Å²) in [5.41, 5.74) is 0. The molecule has 9 heteroatoms. The van der Waals surface area contributed by atoms with Crippen LogP contribution in [0.15, 0.2) is 0 Å². The molecule has 0 radical (unpaired) electrons. The number of imide groups is 1. The molecule has 2 amide bonds. The zero-order chi connectivity index (χ0) is 16.2. The fraction of sp³-hybridized carbons (Fsp3) is 0.750. The average molecular weight is 321 g/mol. The van der Waals surface area contributed by atoms with Gasteiger partial charge in [-0.15, -0.1) is 5.06 Å². The normalized spacial score (nSPS) is 16.2. The van der Waals surface area contributed by atoms with Crippen molar-refractivity contribution in [2.75, 3.05) is 6.16 Å². The van der Waals surface area contributed by atoms with Crippen molar-refractivity contribution in [3.63, 3.8) is 0 Å². The van der Waals surface area contributed by atoms with Crippen molar-refractivity contribution in [3.05, 3.63) is 0 Å². The minimum Gasteiger partial charge on any atom is -0.330 e. The lowest BCUT2D eigenvalue weighted by molar-refractivity contribution is -0.195. The van der Waals surface area contributed by atoms with Crippen LogP contribution in [0, 0.1) is 0 Å². The number of amides is 2. The smallest absolute Gasteiger partial charge is 0.330 e. The van der Waals surface area contributed by atoms with Crippen molar-refractivity contribution in [1.82, 2.24) is 5.06 Å². The summed E-state index contributed by atoms with van der Waals surface area (Å²) in [5.74, 6) is -2.21. The van der Waals surface area contributed by atoms with E-state index in [1.807, 2.05) is 0 Å².